The number of aliphatic carboxylic acids is 2. The van der Waals surface area contributed by atoms with Gasteiger partial charge in [0.05, 0.1) is 6.04 Å². The van der Waals surface area contributed by atoms with E-state index in [9.17, 15) is 24.0 Å². The van der Waals surface area contributed by atoms with E-state index in [0.29, 0.717) is 6.42 Å². The van der Waals surface area contributed by atoms with Gasteiger partial charge in [0.15, 0.2) is 0 Å². The number of nitrogens with two attached hydrogens (primary N) is 1. The monoisotopic (exact) mass is 434 g/mol. The molecule has 0 bridgehead atoms. The lowest BCUT2D eigenvalue weighted by Gasteiger charge is -2.26. The van der Waals surface area contributed by atoms with Crippen LogP contribution in [0, 0.1) is 5.92 Å². The average molecular weight is 435 g/mol. The fourth-order valence-corrected chi connectivity index (χ4v) is 2.47. The van der Waals surface area contributed by atoms with Crippen molar-refractivity contribution in [1.29, 1.82) is 0 Å². The summed E-state index contributed by atoms with van der Waals surface area (Å²) < 4.78 is 0. The maximum Gasteiger partial charge on any atom is 0.327 e. The molecule has 0 fully saturated rings. The summed E-state index contributed by atoms with van der Waals surface area (Å²) in [6.45, 7) is 4.90. The Hall–Kier alpha value is -2.34. The van der Waals surface area contributed by atoms with Gasteiger partial charge in [0.2, 0.25) is 17.7 Å². The summed E-state index contributed by atoms with van der Waals surface area (Å²) in [6, 6.07) is -4.37. The summed E-state index contributed by atoms with van der Waals surface area (Å²) in [5.41, 5.74) is 5.67. The van der Waals surface area contributed by atoms with E-state index in [1.165, 1.54) is 6.92 Å². The second-order valence-electron chi connectivity index (χ2n) is 6.72. The molecule has 7 N–H and O–H groups in total. The minimum absolute atomic E-state index is 0.0882. The first-order valence-electron chi connectivity index (χ1n) is 9.16. The van der Waals surface area contributed by atoms with Crippen molar-refractivity contribution < 1.29 is 34.2 Å². The number of carboxylic acids is 2. The molecule has 5 atom stereocenters. The molecule has 166 valence electrons. The maximum atomic E-state index is 12.6. The van der Waals surface area contributed by atoms with E-state index in [2.05, 4.69) is 28.6 Å². The highest BCUT2D eigenvalue weighted by Crippen LogP contribution is 2.09. The Labute approximate surface area is 174 Å². The Morgan fingerprint density at radius 3 is 2.00 bits per heavy atom. The molecular formula is C17H30N4O7S. The van der Waals surface area contributed by atoms with Gasteiger partial charge in [-0.2, -0.15) is 12.6 Å². The van der Waals surface area contributed by atoms with Gasteiger partial charge in [-0.1, -0.05) is 20.3 Å². The van der Waals surface area contributed by atoms with E-state index in [-0.39, 0.29) is 24.5 Å². The van der Waals surface area contributed by atoms with Crippen LogP contribution in [0.5, 0.6) is 0 Å². The Morgan fingerprint density at radius 2 is 1.55 bits per heavy atom. The summed E-state index contributed by atoms with van der Waals surface area (Å²) in [7, 11) is 0. The normalized spacial score (nSPS) is 15.9. The zero-order chi connectivity index (χ0) is 22.7. The van der Waals surface area contributed by atoms with E-state index in [1.54, 1.807) is 6.92 Å². The first-order chi connectivity index (χ1) is 13.4. The summed E-state index contributed by atoms with van der Waals surface area (Å²) >= 11 is 3.85. The van der Waals surface area contributed by atoms with Gasteiger partial charge < -0.3 is 31.9 Å². The van der Waals surface area contributed by atoms with Gasteiger partial charge >= 0.3 is 11.9 Å². The molecule has 0 aromatic rings. The molecule has 12 heteroatoms. The first kappa shape index (κ1) is 26.7. The van der Waals surface area contributed by atoms with Crippen molar-refractivity contribution in [2.24, 2.45) is 11.7 Å². The van der Waals surface area contributed by atoms with Crippen LogP contribution in [0.1, 0.15) is 40.0 Å². The molecular weight excluding hydrogens is 404 g/mol. The third-order valence-electron chi connectivity index (χ3n) is 4.35. The van der Waals surface area contributed by atoms with Gasteiger partial charge in [-0.15, -0.1) is 0 Å². The molecule has 0 radical (unpaired) electrons. The highest BCUT2D eigenvalue weighted by molar-refractivity contribution is 7.80. The number of carbonyl (C=O) groups is 5. The van der Waals surface area contributed by atoms with Crippen molar-refractivity contribution in [1.82, 2.24) is 16.0 Å². The molecule has 0 aliphatic carbocycles. The number of hydrogen-bond donors (Lipinski definition) is 7. The Balaban J connectivity index is 5.03. The highest BCUT2D eigenvalue weighted by Gasteiger charge is 2.30. The van der Waals surface area contributed by atoms with E-state index < -0.39 is 53.8 Å². The van der Waals surface area contributed by atoms with Crippen LogP contribution in [0.15, 0.2) is 0 Å². The predicted molar refractivity (Wildman–Crippen MR) is 107 cm³/mol. The number of rotatable bonds is 13. The Bertz CT molecular complexity index is 617. The van der Waals surface area contributed by atoms with Crippen LogP contribution >= 0.6 is 12.6 Å². The van der Waals surface area contributed by atoms with Crippen molar-refractivity contribution in [3.63, 3.8) is 0 Å². The second-order valence-corrected chi connectivity index (χ2v) is 7.09. The fraction of sp³-hybridized carbons (Fsp3) is 0.706. The molecule has 0 rings (SSSR count). The van der Waals surface area contributed by atoms with Gasteiger partial charge in [-0.05, 0) is 19.3 Å². The molecule has 0 aromatic carbocycles. The lowest BCUT2D eigenvalue weighted by Crippen LogP contribution is -2.58. The number of nitrogens with one attached hydrogen (secondary N) is 3. The predicted octanol–water partition coefficient (Wildman–Crippen LogP) is -1.29. The van der Waals surface area contributed by atoms with Crippen LogP contribution in [0.25, 0.3) is 0 Å². The van der Waals surface area contributed by atoms with Crippen LogP contribution < -0.4 is 21.7 Å². The lowest BCUT2D eigenvalue weighted by molar-refractivity contribution is -0.141. The van der Waals surface area contributed by atoms with Gasteiger partial charge in [0.25, 0.3) is 0 Å². The molecule has 0 saturated carbocycles. The van der Waals surface area contributed by atoms with Gasteiger partial charge in [-0.25, -0.2) is 4.79 Å². The maximum absolute atomic E-state index is 12.6. The van der Waals surface area contributed by atoms with E-state index in [4.69, 9.17) is 15.9 Å². The standard InChI is InChI=1S/C17H30N4O7S/c1-4-8(2)13(21-15(25)10(18)5-6-12(22)23)16(26)19-9(3)14(24)20-11(7-29)17(27)28/h8-11,13,29H,4-7,18H2,1-3H3,(H,19,26)(H,20,24)(H,21,25)(H,22,23)(H,27,28). The molecule has 0 heterocycles. The summed E-state index contributed by atoms with van der Waals surface area (Å²) in [5, 5.41) is 24.8. The molecule has 5 unspecified atom stereocenters. The third-order valence-corrected chi connectivity index (χ3v) is 4.71. The molecule has 0 spiro atoms. The molecule has 29 heavy (non-hydrogen) atoms. The Kier molecular flexibility index (Phi) is 11.9. The minimum Gasteiger partial charge on any atom is -0.481 e. The lowest BCUT2D eigenvalue weighted by atomic mass is 9.97. The number of amides is 3. The van der Waals surface area contributed by atoms with Crippen LogP contribution in [0.4, 0.5) is 0 Å². The molecule has 3 amide bonds. The molecule has 0 aliphatic rings. The van der Waals surface area contributed by atoms with Gasteiger partial charge in [0, 0.05) is 12.2 Å². The largest absolute Gasteiger partial charge is 0.481 e. The molecule has 0 saturated heterocycles. The third kappa shape index (κ3) is 9.61. The van der Waals surface area contributed by atoms with Crippen molar-refractivity contribution in [3.05, 3.63) is 0 Å². The summed E-state index contributed by atoms with van der Waals surface area (Å²) in [4.78, 5) is 58.5. The smallest absolute Gasteiger partial charge is 0.327 e. The van der Waals surface area contributed by atoms with E-state index in [0.717, 1.165) is 0 Å². The summed E-state index contributed by atoms with van der Waals surface area (Å²) in [5.74, 6) is -4.81. The van der Waals surface area contributed by atoms with Crippen molar-refractivity contribution in [2.75, 3.05) is 5.75 Å². The zero-order valence-corrected chi connectivity index (χ0v) is 17.6. The molecule has 11 nitrogen and oxygen atoms in total. The van der Waals surface area contributed by atoms with Gasteiger partial charge in [0.1, 0.15) is 18.1 Å². The number of hydrogen-bond acceptors (Lipinski definition) is 7. The average Bonchev–Trinajstić information content (AvgIpc) is 2.66. The molecule has 0 aromatic heterocycles. The topological polar surface area (TPSA) is 188 Å². The number of thiol groups is 1. The van der Waals surface area contributed by atoms with Crippen molar-refractivity contribution >= 4 is 42.3 Å². The highest BCUT2D eigenvalue weighted by atomic mass is 32.1. The van der Waals surface area contributed by atoms with Crippen LogP contribution in [-0.2, 0) is 24.0 Å². The number of carboxylic acid groups (broad SMARTS) is 2. The minimum atomic E-state index is -1.26. The zero-order valence-electron chi connectivity index (χ0n) is 16.7. The molecule has 0 aliphatic heterocycles. The first-order valence-corrected chi connectivity index (χ1v) is 9.79. The Morgan fingerprint density at radius 1 is 0.966 bits per heavy atom. The second kappa shape index (κ2) is 13.0. The van der Waals surface area contributed by atoms with Crippen molar-refractivity contribution in [3.8, 4) is 0 Å². The number of carbonyl (C=O) groups excluding carboxylic acids is 3. The van der Waals surface area contributed by atoms with Crippen molar-refractivity contribution in [2.45, 2.75) is 64.2 Å². The van der Waals surface area contributed by atoms with E-state index in [1.807, 2.05) is 6.92 Å². The van der Waals surface area contributed by atoms with E-state index >= 15 is 0 Å². The fourth-order valence-electron chi connectivity index (χ4n) is 2.22. The quantitative estimate of drug-likeness (QED) is 0.174. The van der Waals surface area contributed by atoms with Crippen LogP contribution in [0.2, 0.25) is 0 Å². The SMILES string of the molecule is CCC(C)C(NC(=O)C(N)CCC(=O)O)C(=O)NC(C)C(=O)NC(CS)C(=O)O. The van der Waals surface area contributed by atoms with Crippen LogP contribution in [0.3, 0.4) is 0 Å². The van der Waals surface area contributed by atoms with Gasteiger partial charge in [-0.3, -0.25) is 19.2 Å². The summed E-state index contributed by atoms with van der Waals surface area (Å²) in [6.07, 6.45) is 0.154. The van der Waals surface area contributed by atoms with Crippen LogP contribution in [-0.4, -0.2) is 69.8 Å².